The Morgan fingerprint density at radius 3 is 2.51 bits per heavy atom. The first-order valence-corrected chi connectivity index (χ1v) is 14.5. The van der Waals surface area contributed by atoms with E-state index >= 15 is 0 Å². The number of benzene rings is 2. The Bertz CT molecular complexity index is 1460. The molecule has 3 saturated heterocycles. The van der Waals surface area contributed by atoms with Crippen molar-refractivity contribution >= 4 is 22.7 Å². The number of amides is 2. The highest BCUT2D eigenvalue weighted by molar-refractivity contribution is 5.97. The van der Waals surface area contributed by atoms with Crippen molar-refractivity contribution in [3.8, 4) is 17.2 Å². The van der Waals surface area contributed by atoms with Crippen LogP contribution in [-0.2, 0) is 22.6 Å². The summed E-state index contributed by atoms with van der Waals surface area (Å²) in [6.07, 6.45) is 6.67. The van der Waals surface area contributed by atoms with Gasteiger partial charge in [-0.1, -0.05) is 18.2 Å². The number of aromatic nitrogens is 1. The van der Waals surface area contributed by atoms with Crippen LogP contribution < -0.4 is 14.8 Å². The summed E-state index contributed by atoms with van der Waals surface area (Å²) in [4.78, 5) is 29.7. The lowest BCUT2D eigenvalue weighted by Crippen LogP contribution is -2.60. The van der Waals surface area contributed by atoms with Gasteiger partial charge in [0.2, 0.25) is 18.1 Å². The Labute approximate surface area is 227 Å². The number of hydrogen-bond acceptors (Lipinski definition) is 5. The number of nitrogens with zero attached hydrogens (tertiary/aromatic N) is 3. The van der Waals surface area contributed by atoms with Gasteiger partial charge in [-0.25, -0.2) is 0 Å². The molecule has 9 rings (SSSR count). The smallest absolute Gasteiger partial charge is 0.243 e. The number of piperazine rings is 1. The summed E-state index contributed by atoms with van der Waals surface area (Å²) in [5.74, 6) is 3.17. The van der Waals surface area contributed by atoms with Crippen LogP contribution in [0.25, 0.3) is 16.6 Å². The molecular formula is C31H34N4O4. The average Bonchev–Trinajstić information content (AvgIpc) is 3.36. The van der Waals surface area contributed by atoms with Crippen molar-refractivity contribution in [1.29, 1.82) is 0 Å². The van der Waals surface area contributed by atoms with Crippen LogP contribution >= 0.6 is 0 Å². The van der Waals surface area contributed by atoms with E-state index in [0.29, 0.717) is 13.0 Å². The SMILES string of the molecule is O=C1NCC(=O)N2Cc3c(c4ccccc4n3-c3ccc4c(c3)OC(CCN3CC5CCC(CC5)C3)O4)CC12. The van der Waals surface area contributed by atoms with Crippen LogP contribution in [0.5, 0.6) is 11.5 Å². The largest absolute Gasteiger partial charge is 0.451 e. The molecule has 202 valence electrons. The molecule has 5 aliphatic heterocycles. The van der Waals surface area contributed by atoms with Gasteiger partial charge in [0.1, 0.15) is 6.04 Å². The lowest BCUT2D eigenvalue weighted by molar-refractivity contribution is -0.146. The standard InChI is InChI=1S/C31H34N4O4/c36-29-15-32-31(37)25-14-23-22-3-1-2-4-24(22)35(26(23)18-34(25)29)21-9-10-27-28(13-21)39-30(38-27)11-12-33-16-19-5-6-20(17-33)8-7-19/h1-4,9-10,13,19-20,25,30H,5-8,11-12,14-18H2,(H,32,37). The van der Waals surface area contributed by atoms with Crippen molar-refractivity contribution < 1.29 is 19.1 Å². The van der Waals surface area contributed by atoms with Gasteiger partial charge in [-0.05, 0) is 61.3 Å². The predicted octanol–water partition coefficient (Wildman–Crippen LogP) is 3.62. The van der Waals surface area contributed by atoms with E-state index in [1.165, 1.54) is 38.8 Å². The molecule has 8 nitrogen and oxygen atoms in total. The van der Waals surface area contributed by atoms with Crippen molar-refractivity contribution in [2.24, 2.45) is 11.8 Å². The molecule has 1 aromatic heterocycles. The van der Waals surface area contributed by atoms with E-state index in [2.05, 4.69) is 39.0 Å². The lowest BCUT2D eigenvalue weighted by atomic mass is 9.84. The van der Waals surface area contributed by atoms with Crippen molar-refractivity contribution in [2.45, 2.75) is 57.4 Å². The summed E-state index contributed by atoms with van der Waals surface area (Å²) < 4.78 is 14.8. The summed E-state index contributed by atoms with van der Waals surface area (Å²) in [7, 11) is 0. The van der Waals surface area contributed by atoms with Crippen LogP contribution in [0.4, 0.5) is 0 Å². The molecule has 1 N–H and O–H groups in total. The summed E-state index contributed by atoms with van der Waals surface area (Å²) in [5.41, 5.74) is 4.24. The van der Waals surface area contributed by atoms with E-state index in [1.54, 1.807) is 4.90 Å². The highest BCUT2D eigenvalue weighted by atomic mass is 16.7. The Hall–Kier alpha value is -3.52. The maximum absolute atomic E-state index is 12.7. The Morgan fingerprint density at radius 1 is 0.923 bits per heavy atom. The molecular weight excluding hydrogens is 492 g/mol. The Balaban J connectivity index is 1.07. The third kappa shape index (κ3) is 3.91. The fourth-order valence-electron chi connectivity index (χ4n) is 7.62. The summed E-state index contributed by atoms with van der Waals surface area (Å²) in [6.45, 7) is 3.92. The molecule has 8 heteroatoms. The fourth-order valence-corrected chi connectivity index (χ4v) is 7.62. The Kier molecular flexibility index (Phi) is 5.40. The maximum Gasteiger partial charge on any atom is 0.243 e. The maximum atomic E-state index is 12.7. The minimum Gasteiger partial charge on any atom is -0.451 e. The molecule has 2 amide bonds. The topological polar surface area (TPSA) is 76.0 Å². The van der Waals surface area contributed by atoms with Gasteiger partial charge < -0.3 is 29.2 Å². The fraction of sp³-hybridized carbons (Fsp3) is 0.484. The number of rotatable bonds is 4. The predicted molar refractivity (Wildman–Crippen MR) is 146 cm³/mol. The molecule has 2 unspecified atom stereocenters. The molecule has 0 radical (unpaired) electrons. The van der Waals surface area contributed by atoms with E-state index < -0.39 is 6.04 Å². The summed E-state index contributed by atoms with van der Waals surface area (Å²) in [6, 6.07) is 14.0. The molecule has 1 aliphatic carbocycles. The number of ether oxygens (including phenoxy) is 2. The van der Waals surface area contributed by atoms with Gasteiger partial charge in [0, 0.05) is 55.3 Å². The number of hydrogen-bond donors (Lipinski definition) is 1. The molecule has 2 atom stereocenters. The molecule has 2 bridgehead atoms. The van der Waals surface area contributed by atoms with Crippen LogP contribution in [0.2, 0.25) is 0 Å². The monoisotopic (exact) mass is 526 g/mol. The highest BCUT2D eigenvalue weighted by Crippen LogP contribution is 2.41. The Morgan fingerprint density at radius 2 is 1.69 bits per heavy atom. The molecule has 4 fully saturated rings. The number of carbonyl (C=O) groups excluding carboxylic acids is 2. The third-order valence-electron chi connectivity index (χ3n) is 9.60. The van der Waals surface area contributed by atoms with Crippen molar-refractivity contribution in [3.05, 3.63) is 53.7 Å². The van der Waals surface area contributed by atoms with E-state index in [0.717, 1.165) is 64.1 Å². The van der Waals surface area contributed by atoms with E-state index in [9.17, 15) is 9.59 Å². The number of para-hydroxylation sites is 1. The first-order valence-electron chi connectivity index (χ1n) is 14.5. The normalized spacial score (nSPS) is 27.8. The highest BCUT2D eigenvalue weighted by Gasteiger charge is 2.40. The van der Waals surface area contributed by atoms with Crippen LogP contribution in [-0.4, -0.2) is 64.7 Å². The molecule has 6 heterocycles. The third-order valence-corrected chi connectivity index (χ3v) is 9.60. The molecule has 0 spiro atoms. The van der Waals surface area contributed by atoms with Crippen molar-refractivity contribution in [3.63, 3.8) is 0 Å². The van der Waals surface area contributed by atoms with Crippen LogP contribution in [0.15, 0.2) is 42.5 Å². The van der Waals surface area contributed by atoms with Crippen LogP contribution in [0.3, 0.4) is 0 Å². The zero-order valence-corrected chi connectivity index (χ0v) is 22.1. The minimum atomic E-state index is -0.449. The van der Waals surface area contributed by atoms with Crippen molar-refractivity contribution in [1.82, 2.24) is 19.7 Å². The van der Waals surface area contributed by atoms with Gasteiger partial charge in [-0.3, -0.25) is 9.59 Å². The van der Waals surface area contributed by atoms with Crippen LogP contribution in [0.1, 0.15) is 43.4 Å². The van der Waals surface area contributed by atoms with Gasteiger partial charge in [-0.2, -0.15) is 0 Å². The first-order chi connectivity index (χ1) is 19.1. The van der Waals surface area contributed by atoms with E-state index in [1.807, 2.05) is 18.2 Å². The molecule has 1 saturated carbocycles. The zero-order valence-electron chi connectivity index (χ0n) is 22.1. The second-order valence-corrected chi connectivity index (χ2v) is 12.0. The quantitative estimate of drug-likeness (QED) is 0.562. The van der Waals surface area contributed by atoms with Gasteiger partial charge >= 0.3 is 0 Å². The molecule has 39 heavy (non-hydrogen) atoms. The van der Waals surface area contributed by atoms with Gasteiger partial charge in [-0.15, -0.1) is 0 Å². The zero-order chi connectivity index (χ0) is 26.1. The van der Waals surface area contributed by atoms with E-state index in [-0.39, 0.29) is 24.6 Å². The van der Waals surface area contributed by atoms with Gasteiger partial charge in [0.15, 0.2) is 11.5 Å². The molecule has 2 aromatic carbocycles. The molecule has 3 aromatic rings. The number of nitrogens with one attached hydrogen (secondary N) is 1. The minimum absolute atomic E-state index is 0.0343. The average molecular weight is 527 g/mol. The van der Waals surface area contributed by atoms with Crippen LogP contribution in [0, 0.1) is 11.8 Å². The van der Waals surface area contributed by atoms with E-state index in [4.69, 9.17) is 9.47 Å². The number of fused-ring (bicyclic) bond motifs is 9. The molecule has 6 aliphatic rings. The second-order valence-electron chi connectivity index (χ2n) is 12.0. The lowest BCUT2D eigenvalue weighted by Gasteiger charge is -2.38. The first kappa shape index (κ1) is 23.4. The van der Waals surface area contributed by atoms with Gasteiger partial charge in [0.25, 0.3) is 0 Å². The van der Waals surface area contributed by atoms with Gasteiger partial charge in [0.05, 0.1) is 18.6 Å². The summed E-state index contributed by atoms with van der Waals surface area (Å²) in [5, 5.41) is 3.88. The van der Waals surface area contributed by atoms with Crippen molar-refractivity contribution in [2.75, 3.05) is 26.2 Å². The second kappa shape index (κ2) is 9.01. The summed E-state index contributed by atoms with van der Waals surface area (Å²) >= 11 is 0. The number of carbonyl (C=O) groups is 2.